The topological polar surface area (TPSA) is 107 Å². The van der Waals surface area contributed by atoms with Gasteiger partial charge >= 0.3 is 0 Å². The molecule has 0 bridgehead atoms. The molecule has 0 atom stereocenters. The Morgan fingerprint density at radius 2 is 2.08 bits per heavy atom. The van der Waals surface area contributed by atoms with Crippen molar-refractivity contribution in [3.8, 4) is 0 Å². The lowest BCUT2D eigenvalue weighted by Crippen LogP contribution is -2.17. The lowest BCUT2D eigenvalue weighted by molar-refractivity contribution is 0.0996. The molecule has 0 saturated carbocycles. The number of carbonyl (C=O) groups excluding carboxylic acids is 2. The van der Waals surface area contributed by atoms with Crippen LogP contribution in [0.3, 0.4) is 0 Å². The van der Waals surface area contributed by atoms with Gasteiger partial charge < -0.3 is 15.6 Å². The van der Waals surface area contributed by atoms with E-state index in [1.165, 1.54) is 23.0 Å². The molecule has 0 aliphatic carbocycles. The second-order valence-electron chi connectivity index (χ2n) is 5.82. The number of fused-ring (bicyclic) bond motifs is 2. The first-order chi connectivity index (χ1) is 12.6. The molecule has 8 heteroatoms. The molecule has 8 nitrogen and oxygen atoms in total. The number of nitrogens with one attached hydrogen (secondary N) is 1. The normalized spacial score (nSPS) is 11.1. The van der Waals surface area contributed by atoms with E-state index in [2.05, 4.69) is 26.9 Å². The Kier molecular flexibility index (Phi) is 3.65. The fraction of sp³-hybridized carbons (Fsp3) is 0.111. The fourth-order valence-electron chi connectivity index (χ4n) is 2.97. The van der Waals surface area contributed by atoms with E-state index in [1.807, 2.05) is 30.5 Å². The molecule has 4 rings (SSSR count). The number of anilines is 1. The molecular formula is C18H16N6O2. The summed E-state index contributed by atoms with van der Waals surface area (Å²) >= 11 is 0. The number of benzene rings is 1. The molecular weight excluding hydrogens is 332 g/mol. The van der Waals surface area contributed by atoms with E-state index in [0.29, 0.717) is 5.69 Å². The van der Waals surface area contributed by atoms with E-state index in [0.717, 1.165) is 17.4 Å². The molecule has 130 valence electrons. The van der Waals surface area contributed by atoms with Crippen molar-refractivity contribution in [2.75, 3.05) is 5.32 Å². The van der Waals surface area contributed by atoms with Crippen molar-refractivity contribution in [2.24, 2.45) is 5.73 Å². The highest BCUT2D eigenvalue weighted by Gasteiger charge is 2.17. The number of hydrogen-bond acceptors (Lipinski definition) is 4. The van der Waals surface area contributed by atoms with Gasteiger partial charge in [-0.2, -0.15) is 5.10 Å². The molecule has 0 aliphatic heterocycles. The number of rotatable bonds is 4. The van der Waals surface area contributed by atoms with Crippen LogP contribution in [0.5, 0.6) is 0 Å². The first kappa shape index (κ1) is 15.8. The van der Waals surface area contributed by atoms with Crippen LogP contribution in [0, 0.1) is 0 Å². The summed E-state index contributed by atoms with van der Waals surface area (Å²) in [6.07, 6.45) is 4.77. The van der Waals surface area contributed by atoms with E-state index in [-0.39, 0.29) is 22.8 Å². The van der Waals surface area contributed by atoms with Crippen LogP contribution in [0.15, 0.2) is 48.9 Å². The van der Waals surface area contributed by atoms with E-state index in [9.17, 15) is 9.59 Å². The molecule has 0 unspecified atom stereocenters. The molecule has 1 aromatic carbocycles. The number of carbonyl (C=O) groups is 2. The monoisotopic (exact) mass is 348 g/mol. The minimum Gasteiger partial charge on any atom is -0.365 e. The zero-order valence-electron chi connectivity index (χ0n) is 14.0. The minimum absolute atomic E-state index is 0.168. The molecule has 0 fully saturated rings. The lowest BCUT2D eigenvalue weighted by Gasteiger charge is -2.08. The Morgan fingerprint density at radius 1 is 1.23 bits per heavy atom. The van der Waals surface area contributed by atoms with Gasteiger partial charge in [0, 0.05) is 24.6 Å². The van der Waals surface area contributed by atoms with Crippen LogP contribution >= 0.6 is 0 Å². The average molecular weight is 348 g/mol. The summed E-state index contributed by atoms with van der Waals surface area (Å²) in [5.41, 5.74) is 7.70. The van der Waals surface area contributed by atoms with Gasteiger partial charge in [-0.3, -0.25) is 9.59 Å². The molecule has 26 heavy (non-hydrogen) atoms. The summed E-state index contributed by atoms with van der Waals surface area (Å²) in [6, 6.07) is 9.29. The number of nitrogens with two attached hydrogens (primary N) is 1. The third kappa shape index (κ3) is 2.48. The van der Waals surface area contributed by atoms with Crippen molar-refractivity contribution in [1.82, 2.24) is 19.2 Å². The first-order valence-electron chi connectivity index (χ1n) is 8.11. The van der Waals surface area contributed by atoms with Gasteiger partial charge in [-0.25, -0.2) is 9.50 Å². The minimum atomic E-state index is -0.643. The van der Waals surface area contributed by atoms with Crippen LogP contribution in [0.25, 0.3) is 16.6 Å². The Hall–Kier alpha value is -3.68. The van der Waals surface area contributed by atoms with Crippen molar-refractivity contribution in [2.45, 2.75) is 13.5 Å². The zero-order valence-corrected chi connectivity index (χ0v) is 14.0. The van der Waals surface area contributed by atoms with Gasteiger partial charge in [0.15, 0.2) is 5.65 Å². The third-order valence-corrected chi connectivity index (χ3v) is 4.27. The van der Waals surface area contributed by atoms with E-state index in [4.69, 9.17) is 5.73 Å². The molecule has 4 aromatic rings. The Morgan fingerprint density at radius 3 is 2.85 bits per heavy atom. The van der Waals surface area contributed by atoms with Gasteiger partial charge in [0.2, 0.25) is 0 Å². The smallest absolute Gasteiger partial charge is 0.274 e. The highest BCUT2D eigenvalue weighted by molar-refractivity contribution is 6.05. The van der Waals surface area contributed by atoms with Gasteiger partial charge in [0.25, 0.3) is 11.8 Å². The molecule has 3 heterocycles. The molecule has 2 amide bonds. The van der Waals surface area contributed by atoms with Gasteiger partial charge in [-0.15, -0.1) is 0 Å². The predicted octanol–water partition coefficient (Wildman–Crippen LogP) is 2.06. The summed E-state index contributed by atoms with van der Waals surface area (Å²) in [6.45, 7) is 2.90. The number of hydrogen-bond donors (Lipinski definition) is 2. The molecule has 0 aliphatic rings. The standard InChI is InChI=1S/C18H16N6O2/c1-2-23-8-6-11-3-4-12(9-15(11)23)22-18(26)14-5-7-20-17-13(16(19)25)10-21-24(14)17/h3-10H,2H2,1H3,(H2,19,25)(H,22,26). The average Bonchev–Trinajstić information content (AvgIpc) is 3.24. The Labute approximate surface area is 148 Å². The summed E-state index contributed by atoms with van der Waals surface area (Å²) < 4.78 is 3.41. The highest BCUT2D eigenvalue weighted by Crippen LogP contribution is 2.21. The van der Waals surface area contributed by atoms with Crippen LogP contribution in [-0.2, 0) is 6.54 Å². The number of amides is 2. The van der Waals surface area contributed by atoms with E-state index >= 15 is 0 Å². The lowest BCUT2D eigenvalue weighted by atomic mass is 10.2. The highest BCUT2D eigenvalue weighted by atomic mass is 16.2. The summed E-state index contributed by atoms with van der Waals surface area (Å²) in [5.74, 6) is -0.999. The maximum Gasteiger partial charge on any atom is 0.274 e. The second kappa shape index (κ2) is 5.99. The SMILES string of the molecule is CCn1ccc2ccc(NC(=O)c3ccnc4c(C(N)=O)cnn34)cc21. The van der Waals surface area contributed by atoms with Gasteiger partial charge in [-0.1, -0.05) is 6.07 Å². The van der Waals surface area contributed by atoms with Crippen LogP contribution < -0.4 is 11.1 Å². The molecule has 0 spiro atoms. The van der Waals surface area contributed by atoms with Crippen LogP contribution in [0.2, 0.25) is 0 Å². The quantitative estimate of drug-likeness (QED) is 0.588. The number of primary amides is 1. The third-order valence-electron chi connectivity index (χ3n) is 4.27. The number of aromatic nitrogens is 4. The van der Waals surface area contributed by atoms with Crippen LogP contribution in [-0.4, -0.2) is 31.0 Å². The van der Waals surface area contributed by atoms with Crippen molar-refractivity contribution in [1.29, 1.82) is 0 Å². The molecule has 0 saturated heterocycles. The maximum absolute atomic E-state index is 12.7. The largest absolute Gasteiger partial charge is 0.365 e. The van der Waals surface area contributed by atoms with Gasteiger partial charge in [0.1, 0.15) is 11.3 Å². The zero-order chi connectivity index (χ0) is 18.3. The van der Waals surface area contributed by atoms with Crippen molar-refractivity contribution in [3.05, 3.63) is 60.2 Å². The predicted molar refractivity (Wildman–Crippen MR) is 97.1 cm³/mol. The number of nitrogens with zero attached hydrogens (tertiary/aromatic N) is 4. The summed E-state index contributed by atoms with van der Waals surface area (Å²) in [4.78, 5) is 28.2. The maximum atomic E-state index is 12.7. The molecule has 3 aromatic heterocycles. The Balaban J connectivity index is 1.70. The van der Waals surface area contributed by atoms with E-state index < -0.39 is 5.91 Å². The van der Waals surface area contributed by atoms with Crippen molar-refractivity contribution < 1.29 is 9.59 Å². The van der Waals surface area contributed by atoms with Crippen LogP contribution in [0.4, 0.5) is 5.69 Å². The summed E-state index contributed by atoms with van der Waals surface area (Å²) in [5, 5.41) is 8.03. The first-order valence-corrected chi connectivity index (χ1v) is 8.11. The number of aryl methyl sites for hydroxylation is 1. The van der Waals surface area contributed by atoms with E-state index in [1.54, 1.807) is 0 Å². The van der Waals surface area contributed by atoms with Crippen LogP contribution in [0.1, 0.15) is 27.8 Å². The summed E-state index contributed by atoms with van der Waals surface area (Å²) in [7, 11) is 0. The van der Waals surface area contributed by atoms with Crippen molar-refractivity contribution in [3.63, 3.8) is 0 Å². The fourth-order valence-corrected chi connectivity index (χ4v) is 2.97. The Bertz CT molecular complexity index is 1160. The molecule has 0 radical (unpaired) electrons. The van der Waals surface area contributed by atoms with Crippen molar-refractivity contribution >= 4 is 34.1 Å². The van der Waals surface area contributed by atoms with Gasteiger partial charge in [0.05, 0.1) is 11.7 Å². The molecule has 3 N–H and O–H groups in total. The second-order valence-corrected chi connectivity index (χ2v) is 5.82. The van der Waals surface area contributed by atoms with Gasteiger partial charge in [-0.05, 0) is 36.6 Å².